The van der Waals surface area contributed by atoms with Gasteiger partial charge in [0, 0.05) is 31.9 Å². The summed E-state index contributed by atoms with van der Waals surface area (Å²) in [5, 5.41) is 31.2. The van der Waals surface area contributed by atoms with Crippen molar-refractivity contribution < 1.29 is 39.1 Å². The summed E-state index contributed by atoms with van der Waals surface area (Å²) >= 11 is 6.45. The molecule has 0 bridgehead atoms. The Kier molecular flexibility index (Phi) is 11.9. The minimum atomic E-state index is -1.30. The molecule has 3 N–H and O–H groups in total. The lowest BCUT2D eigenvalue weighted by Crippen LogP contribution is -2.26. The van der Waals surface area contributed by atoms with E-state index in [2.05, 4.69) is 37.4 Å². The first-order chi connectivity index (χ1) is 21.7. The zero-order valence-corrected chi connectivity index (χ0v) is 25.7. The molecular weight excluding hydrogens is 610 g/mol. The number of aryl methyl sites for hydroxylation is 1. The van der Waals surface area contributed by atoms with E-state index in [1.54, 1.807) is 4.57 Å². The summed E-state index contributed by atoms with van der Waals surface area (Å²) < 4.78 is 17.0. The molecule has 0 aliphatic rings. The Balaban J connectivity index is 1.46. The van der Waals surface area contributed by atoms with Crippen molar-refractivity contribution in [2.75, 3.05) is 6.61 Å². The van der Waals surface area contributed by atoms with Crippen LogP contribution in [0.1, 0.15) is 61.9 Å². The largest absolute Gasteiger partial charge is 0.511 e. The van der Waals surface area contributed by atoms with Crippen LogP contribution < -0.4 is 0 Å². The zero-order chi connectivity index (χ0) is 32.3. The Hall–Kier alpha value is -4.41. The summed E-state index contributed by atoms with van der Waals surface area (Å²) in [6, 6.07) is 15.6. The highest BCUT2D eigenvalue weighted by molar-refractivity contribution is 6.32. The summed E-state index contributed by atoms with van der Waals surface area (Å²) in [4.78, 5) is 34.3. The van der Waals surface area contributed by atoms with Crippen LogP contribution in [0.3, 0.4) is 0 Å². The molecule has 2 atom stereocenters. The molecule has 0 fully saturated rings. The Morgan fingerprint density at radius 3 is 2.47 bits per heavy atom. The van der Waals surface area contributed by atoms with Gasteiger partial charge in [-0.3, -0.25) is 10.4 Å². The molecule has 0 amide bonds. The third-order valence-electron chi connectivity index (χ3n) is 6.62. The SMILES string of the molecule is CCCCc1nc(Cl)c(C(=O)OC(C)OC(=O)OCC[C@H](C)ON(O)O)n1Cc1ccc(-c2ccccc2-c2nn[nH]n2)cc1. The predicted molar refractivity (Wildman–Crippen MR) is 158 cm³/mol. The zero-order valence-electron chi connectivity index (χ0n) is 24.9. The van der Waals surface area contributed by atoms with Crippen molar-refractivity contribution in [2.24, 2.45) is 0 Å². The highest BCUT2D eigenvalue weighted by Crippen LogP contribution is 2.30. The summed E-state index contributed by atoms with van der Waals surface area (Å²) in [5.41, 5.74) is 3.62. The van der Waals surface area contributed by atoms with E-state index in [-0.39, 0.29) is 30.4 Å². The van der Waals surface area contributed by atoms with Crippen LogP contribution in [0.15, 0.2) is 48.5 Å². The second-order valence-electron chi connectivity index (χ2n) is 9.98. The molecule has 0 aliphatic carbocycles. The van der Waals surface area contributed by atoms with Gasteiger partial charge in [0.05, 0.1) is 18.1 Å². The fraction of sp³-hybridized carbons (Fsp3) is 0.379. The molecule has 0 spiro atoms. The molecule has 240 valence electrons. The number of unbranched alkanes of at least 4 members (excludes halogenated alkanes) is 1. The van der Waals surface area contributed by atoms with Crippen molar-refractivity contribution in [3.63, 3.8) is 0 Å². The number of imidazole rings is 1. The fourth-order valence-corrected chi connectivity index (χ4v) is 4.73. The third-order valence-corrected chi connectivity index (χ3v) is 6.89. The highest BCUT2D eigenvalue weighted by atomic mass is 35.5. The van der Waals surface area contributed by atoms with Gasteiger partial charge in [-0.05, 0) is 35.2 Å². The van der Waals surface area contributed by atoms with Crippen molar-refractivity contribution in [1.29, 1.82) is 0 Å². The van der Waals surface area contributed by atoms with Gasteiger partial charge in [-0.25, -0.2) is 19.4 Å². The van der Waals surface area contributed by atoms with Crippen LogP contribution in [-0.4, -0.2) is 77.1 Å². The maximum absolute atomic E-state index is 13.3. The quantitative estimate of drug-likeness (QED) is 0.0869. The number of rotatable bonds is 15. The van der Waals surface area contributed by atoms with E-state index in [1.165, 1.54) is 13.8 Å². The minimum absolute atomic E-state index is 0.0256. The summed E-state index contributed by atoms with van der Waals surface area (Å²) in [6.45, 7) is 5.08. The number of aromatic nitrogens is 6. The maximum atomic E-state index is 13.3. The van der Waals surface area contributed by atoms with Crippen LogP contribution in [0.25, 0.3) is 22.5 Å². The topological polar surface area (TPSA) is 187 Å². The molecular formula is C29H34ClN7O8. The Morgan fingerprint density at radius 1 is 1.07 bits per heavy atom. The van der Waals surface area contributed by atoms with Gasteiger partial charge in [-0.15, -0.1) is 10.2 Å². The molecule has 1 unspecified atom stereocenters. The molecule has 0 saturated heterocycles. The predicted octanol–water partition coefficient (Wildman–Crippen LogP) is 5.22. The van der Waals surface area contributed by atoms with Gasteiger partial charge < -0.3 is 18.8 Å². The molecule has 2 aromatic heterocycles. The van der Waals surface area contributed by atoms with Crippen LogP contribution in [-0.2, 0) is 32.0 Å². The van der Waals surface area contributed by atoms with Gasteiger partial charge in [0.1, 0.15) is 5.82 Å². The van der Waals surface area contributed by atoms with Crippen LogP contribution in [0.2, 0.25) is 5.15 Å². The lowest BCUT2D eigenvalue weighted by Gasteiger charge is -2.17. The third kappa shape index (κ3) is 9.29. The molecule has 0 radical (unpaired) electrons. The van der Waals surface area contributed by atoms with Crippen LogP contribution in [0.4, 0.5) is 4.79 Å². The minimum Gasteiger partial charge on any atom is -0.434 e. The summed E-state index contributed by atoms with van der Waals surface area (Å²) in [6.07, 6.45) is -0.576. The van der Waals surface area contributed by atoms with E-state index in [1.807, 2.05) is 48.5 Å². The maximum Gasteiger partial charge on any atom is 0.511 e. The molecule has 4 rings (SSSR count). The van der Waals surface area contributed by atoms with Crippen molar-refractivity contribution >= 4 is 23.7 Å². The number of aromatic amines is 1. The number of hydrogen-bond donors (Lipinski definition) is 3. The van der Waals surface area contributed by atoms with Crippen molar-refractivity contribution in [1.82, 2.24) is 35.6 Å². The number of benzene rings is 2. The van der Waals surface area contributed by atoms with Crippen molar-refractivity contribution in [2.45, 2.75) is 65.4 Å². The Labute approximate surface area is 263 Å². The van der Waals surface area contributed by atoms with Crippen molar-refractivity contribution in [3.05, 3.63) is 70.8 Å². The number of nitrogens with zero attached hydrogens (tertiary/aromatic N) is 6. The molecule has 0 saturated carbocycles. The van der Waals surface area contributed by atoms with Crippen LogP contribution in [0, 0.1) is 0 Å². The van der Waals surface area contributed by atoms with Crippen LogP contribution in [0.5, 0.6) is 0 Å². The lowest BCUT2D eigenvalue weighted by atomic mass is 9.98. The average Bonchev–Trinajstić information content (AvgIpc) is 3.64. The smallest absolute Gasteiger partial charge is 0.434 e. The van der Waals surface area contributed by atoms with Gasteiger partial charge in [-0.1, -0.05) is 73.5 Å². The first-order valence-corrected chi connectivity index (χ1v) is 14.6. The van der Waals surface area contributed by atoms with Gasteiger partial charge in [-0.2, -0.15) is 5.21 Å². The van der Waals surface area contributed by atoms with Gasteiger partial charge in [0.15, 0.2) is 10.8 Å². The van der Waals surface area contributed by atoms with E-state index in [4.69, 9.17) is 36.2 Å². The van der Waals surface area contributed by atoms with E-state index in [0.717, 1.165) is 35.1 Å². The molecule has 45 heavy (non-hydrogen) atoms. The molecule has 0 aliphatic heterocycles. The standard InChI is InChI=1S/C29H34ClN7O8/c1-4-5-10-24-31-26(30)25(28(38)43-19(3)44-29(39)42-16-15-18(2)45-37(40)41)36(24)17-20-11-13-21(14-12-20)22-8-6-7-9-23(22)27-32-34-35-33-27/h6-9,11-14,18-19,40-41H,4-5,10,15-17H2,1-3H3,(H,32,33,34,35)/t18-,19?/m0/s1. The lowest BCUT2D eigenvalue weighted by molar-refractivity contribution is -0.503. The second kappa shape index (κ2) is 16.1. The van der Waals surface area contributed by atoms with Gasteiger partial charge >= 0.3 is 12.1 Å². The average molecular weight is 644 g/mol. The first-order valence-electron chi connectivity index (χ1n) is 14.2. The summed E-state index contributed by atoms with van der Waals surface area (Å²) in [5.74, 6) is 0.280. The number of ether oxygens (including phenoxy) is 3. The van der Waals surface area contributed by atoms with Crippen molar-refractivity contribution in [3.8, 4) is 22.5 Å². The fourth-order valence-electron chi connectivity index (χ4n) is 4.46. The Bertz CT molecular complexity index is 1550. The molecule has 2 heterocycles. The molecule has 2 aromatic carbocycles. The number of hydrogen-bond acceptors (Lipinski definition) is 13. The number of esters is 1. The van der Waals surface area contributed by atoms with E-state index in [0.29, 0.717) is 18.1 Å². The monoisotopic (exact) mass is 643 g/mol. The molecule has 15 nitrogen and oxygen atoms in total. The highest BCUT2D eigenvalue weighted by Gasteiger charge is 2.26. The first kappa shape index (κ1) is 33.5. The van der Waals surface area contributed by atoms with Gasteiger partial charge in [0.2, 0.25) is 12.1 Å². The molecule has 4 aromatic rings. The normalized spacial score (nSPS) is 12.6. The Morgan fingerprint density at radius 2 is 1.80 bits per heavy atom. The number of nitrogens with one attached hydrogen (secondary N) is 1. The van der Waals surface area contributed by atoms with Crippen LogP contribution >= 0.6 is 11.6 Å². The number of H-pyrrole nitrogens is 1. The van der Waals surface area contributed by atoms with E-state index in [9.17, 15) is 9.59 Å². The number of carbonyl (C=O) groups excluding carboxylic acids is 2. The number of halogens is 1. The number of tetrazole rings is 1. The summed E-state index contributed by atoms with van der Waals surface area (Å²) in [7, 11) is 0. The molecule has 16 heteroatoms. The number of carbonyl (C=O) groups is 2. The van der Waals surface area contributed by atoms with E-state index >= 15 is 0 Å². The van der Waals surface area contributed by atoms with Gasteiger partial charge in [0.25, 0.3) is 0 Å². The second-order valence-corrected chi connectivity index (χ2v) is 10.3. The van der Waals surface area contributed by atoms with E-state index < -0.39 is 29.9 Å².